The smallest absolute Gasteiger partial charge is 0.323 e. The molecule has 0 heterocycles. The van der Waals surface area contributed by atoms with E-state index in [1.165, 1.54) is 0 Å². The summed E-state index contributed by atoms with van der Waals surface area (Å²) in [4.78, 5) is 24.2. The molecule has 0 rings (SSSR count). The van der Waals surface area contributed by atoms with Gasteiger partial charge >= 0.3 is 11.9 Å². The second-order valence-corrected chi connectivity index (χ2v) is 4.73. The Balaban J connectivity index is 4.78. The number of carbonyl (C=O) groups excluding carboxylic acids is 2. The predicted molar refractivity (Wildman–Crippen MR) is 70.1 cm³/mol. The summed E-state index contributed by atoms with van der Waals surface area (Å²) in [6.07, 6.45) is 2.35. The highest BCUT2D eigenvalue weighted by Gasteiger charge is 2.46. The van der Waals surface area contributed by atoms with Crippen molar-refractivity contribution in [3.8, 4) is 0 Å². The van der Waals surface area contributed by atoms with E-state index < -0.39 is 17.4 Å². The van der Waals surface area contributed by atoms with Crippen molar-refractivity contribution in [3.05, 3.63) is 0 Å². The highest BCUT2D eigenvalue weighted by molar-refractivity contribution is 6.00. The maximum Gasteiger partial charge on any atom is 0.323 e. The van der Waals surface area contributed by atoms with Gasteiger partial charge in [0, 0.05) is 0 Å². The third-order valence-electron chi connectivity index (χ3n) is 3.06. The van der Waals surface area contributed by atoms with Crippen LogP contribution in [-0.4, -0.2) is 24.6 Å². The van der Waals surface area contributed by atoms with Gasteiger partial charge in [-0.05, 0) is 33.1 Å². The molecule has 4 nitrogen and oxygen atoms in total. The van der Waals surface area contributed by atoms with Crippen LogP contribution in [0.2, 0.25) is 0 Å². The van der Waals surface area contributed by atoms with Crippen LogP contribution in [0.15, 0.2) is 0 Å². The summed E-state index contributed by atoms with van der Waals surface area (Å²) in [6, 6.07) is 0. The standard InChI is InChI=1S/C14H26O4/c1-6-9-10-17-12(15)14(7-2,8-3)13(16)18-11(4)5/h11H,6-10H2,1-5H3. The molecule has 0 aliphatic heterocycles. The summed E-state index contributed by atoms with van der Waals surface area (Å²) < 4.78 is 10.4. The fourth-order valence-corrected chi connectivity index (χ4v) is 1.68. The third-order valence-corrected chi connectivity index (χ3v) is 3.06. The van der Waals surface area contributed by atoms with Crippen molar-refractivity contribution in [1.29, 1.82) is 0 Å². The van der Waals surface area contributed by atoms with Gasteiger partial charge in [0.05, 0.1) is 12.7 Å². The first-order chi connectivity index (χ1) is 8.44. The van der Waals surface area contributed by atoms with Crippen LogP contribution in [0.1, 0.15) is 60.3 Å². The van der Waals surface area contributed by atoms with Crippen LogP contribution in [0, 0.1) is 5.41 Å². The molecule has 0 aromatic rings. The Bertz CT molecular complexity index is 267. The molecule has 0 aliphatic carbocycles. The van der Waals surface area contributed by atoms with E-state index in [0.29, 0.717) is 19.4 Å². The largest absolute Gasteiger partial charge is 0.465 e. The van der Waals surface area contributed by atoms with Crippen molar-refractivity contribution in [2.75, 3.05) is 6.61 Å². The molecule has 0 saturated heterocycles. The second kappa shape index (κ2) is 8.11. The van der Waals surface area contributed by atoms with Gasteiger partial charge < -0.3 is 9.47 Å². The van der Waals surface area contributed by atoms with Gasteiger partial charge in [-0.15, -0.1) is 0 Å². The Labute approximate surface area is 110 Å². The molecular weight excluding hydrogens is 232 g/mol. The van der Waals surface area contributed by atoms with Crippen LogP contribution in [0.25, 0.3) is 0 Å². The highest BCUT2D eigenvalue weighted by Crippen LogP contribution is 2.30. The lowest BCUT2D eigenvalue weighted by Gasteiger charge is -2.27. The number of rotatable bonds is 8. The van der Waals surface area contributed by atoms with E-state index in [-0.39, 0.29) is 6.10 Å². The van der Waals surface area contributed by atoms with Gasteiger partial charge in [-0.3, -0.25) is 9.59 Å². The Morgan fingerprint density at radius 2 is 1.61 bits per heavy atom. The fraction of sp³-hybridized carbons (Fsp3) is 0.857. The van der Waals surface area contributed by atoms with E-state index in [9.17, 15) is 9.59 Å². The molecule has 0 aliphatic rings. The molecular formula is C14H26O4. The molecule has 0 N–H and O–H groups in total. The number of hydrogen-bond acceptors (Lipinski definition) is 4. The fourth-order valence-electron chi connectivity index (χ4n) is 1.68. The zero-order valence-electron chi connectivity index (χ0n) is 12.2. The minimum Gasteiger partial charge on any atom is -0.465 e. The Hall–Kier alpha value is -1.06. The van der Waals surface area contributed by atoms with E-state index >= 15 is 0 Å². The van der Waals surface area contributed by atoms with Crippen LogP contribution in [0.4, 0.5) is 0 Å². The first-order valence-corrected chi connectivity index (χ1v) is 6.82. The van der Waals surface area contributed by atoms with E-state index in [0.717, 1.165) is 12.8 Å². The van der Waals surface area contributed by atoms with Crippen LogP contribution in [-0.2, 0) is 19.1 Å². The molecule has 0 fully saturated rings. The van der Waals surface area contributed by atoms with E-state index in [1.54, 1.807) is 13.8 Å². The van der Waals surface area contributed by atoms with Crippen molar-refractivity contribution in [2.24, 2.45) is 5.41 Å². The zero-order valence-corrected chi connectivity index (χ0v) is 12.2. The SMILES string of the molecule is CCCCOC(=O)C(CC)(CC)C(=O)OC(C)C. The van der Waals surface area contributed by atoms with Crippen molar-refractivity contribution < 1.29 is 19.1 Å². The van der Waals surface area contributed by atoms with Crippen molar-refractivity contribution in [2.45, 2.75) is 66.4 Å². The lowest BCUT2D eigenvalue weighted by atomic mass is 9.82. The summed E-state index contributed by atoms with van der Waals surface area (Å²) in [5.41, 5.74) is -1.14. The van der Waals surface area contributed by atoms with Crippen molar-refractivity contribution in [1.82, 2.24) is 0 Å². The minimum absolute atomic E-state index is 0.224. The monoisotopic (exact) mass is 258 g/mol. The van der Waals surface area contributed by atoms with Crippen LogP contribution >= 0.6 is 0 Å². The van der Waals surface area contributed by atoms with Crippen molar-refractivity contribution in [3.63, 3.8) is 0 Å². The first-order valence-electron chi connectivity index (χ1n) is 6.82. The average Bonchev–Trinajstić information content (AvgIpc) is 2.30. The quantitative estimate of drug-likeness (QED) is 0.381. The Morgan fingerprint density at radius 1 is 1.06 bits per heavy atom. The van der Waals surface area contributed by atoms with Gasteiger partial charge in [-0.25, -0.2) is 0 Å². The first kappa shape index (κ1) is 16.9. The van der Waals surface area contributed by atoms with Gasteiger partial charge in [0.2, 0.25) is 0 Å². The summed E-state index contributed by atoms with van der Waals surface area (Å²) in [5.74, 6) is -0.921. The van der Waals surface area contributed by atoms with E-state index in [2.05, 4.69) is 0 Å². The summed E-state index contributed by atoms with van der Waals surface area (Å²) >= 11 is 0. The van der Waals surface area contributed by atoms with Gasteiger partial charge in [-0.2, -0.15) is 0 Å². The predicted octanol–water partition coefficient (Wildman–Crippen LogP) is 3.09. The van der Waals surface area contributed by atoms with Crippen LogP contribution in [0.3, 0.4) is 0 Å². The lowest BCUT2D eigenvalue weighted by molar-refractivity contribution is -0.175. The molecule has 0 unspecified atom stereocenters. The highest BCUT2D eigenvalue weighted by atomic mass is 16.6. The number of carbonyl (C=O) groups is 2. The summed E-state index contributed by atoms with van der Waals surface area (Å²) in [6.45, 7) is 9.56. The van der Waals surface area contributed by atoms with Crippen LogP contribution in [0.5, 0.6) is 0 Å². The molecule has 4 heteroatoms. The van der Waals surface area contributed by atoms with Gasteiger partial charge in [0.25, 0.3) is 0 Å². The van der Waals surface area contributed by atoms with E-state index in [1.807, 2.05) is 20.8 Å². The topological polar surface area (TPSA) is 52.6 Å². The minimum atomic E-state index is -1.14. The maximum absolute atomic E-state index is 12.1. The zero-order chi connectivity index (χ0) is 14.2. The number of esters is 2. The maximum atomic E-state index is 12.1. The average molecular weight is 258 g/mol. The molecule has 0 radical (unpaired) electrons. The Morgan fingerprint density at radius 3 is 2.00 bits per heavy atom. The van der Waals surface area contributed by atoms with Gasteiger partial charge in [-0.1, -0.05) is 27.2 Å². The molecule has 0 saturated carbocycles. The molecule has 106 valence electrons. The van der Waals surface area contributed by atoms with Gasteiger partial charge in [0.1, 0.15) is 0 Å². The molecule has 0 atom stereocenters. The van der Waals surface area contributed by atoms with E-state index in [4.69, 9.17) is 9.47 Å². The summed E-state index contributed by atoms with van der Waals surface area (Å²) in [5, 5.41) is 0. The molecule has 18 heavy (non-hydrogen) atoms. The molecule has 0 amide bonds. The second-order valence-electron chi connectivity index (χ2n) is 4.73. The number of ether oxygens (including phenoxy) is 2. The molecule has 0 bridgehead atoms. The summed E-state index contributed by atoms with van der Waals surface area (Å²) in [7, 11) is 0. The number of unbranched alkanes of at least 4 members (excludes halogenated alkanes) is 1. The molecule has 0 aromatic carbocycles. The van der Waals surface area contributed by atoms with Gasteiger partial charge in [0.15, 0.2) is 5.41 Å². The Kier molecular flexibility index (Phi) is 7.64. The van der Waals surface area contributed by atoms with Crippen LogP contribution < -0.4 is 0 Å². The lowest BCUT2D eigenvalue weighted by Crippen LogP contribution is -2.42. The molecule has 0 aromatic heterocycles. The third kappa shape index (κ3) is 4.31. The number of hydrogen-bond donors (Lipinski definition) is 0. The molecule has 0 spiro atoms. The normalized spacial score (nSPS) is 11.4. The van der Waals surface area contributed by atoms with Crippen molar-refractivity contribution >= 4 is 11.9 Å².